The number of carbonyl (C=O) groups is 1. The van der Waals surface area contributed by atoms with E-state index in [4.69, 9.17) is 4.74 Å². The molecule has 0 saturated heterocycles. The van der Waals surface area contributed by atoms with Crippen LogP contribution in [0, 0.1) is 11.6 Å². The first-order valence-electron chi connectivity index (χ1n) is 8.26. The largest absolute Gasteiger partial charge is 0.496 e. The van der Waals surface area contributed by atoms with E-state index in [9.17, 15) is 13.6 Å². The van der Waals surface area contributed by atoms with Crippen molar-refractivity contribution in [3.63, 3.8) is 0 Å². The number of hydrogen-bond acceptors (Lipinski definition) is 5. The molecule has 5 nitrogen and oxygen atoms in total. The molecule has 3 aromatic rings. The highest BCUT2D eigenvalue weighted by atomic mass is 35.5. The third-order valence-electron chi connectivity index (χ3n) is 3.99. The van der Waals surface area contributed by atoms with Crippen LogP contribution in [0.3, 0.4) is 0 Å². The minimum Gasteiger partial charge on any atom is -0.496 e. The average Bonchev–Trinajstić information content (AvgIpc) is 3.05. The Balaban J connectivity index is 0.00000280. The first-order valence-corrected chi connectivity index (χ1v) is 9.07. The molecule has 1 aromatic heterocycles. The highest BCUT2D eigenvalue weighted by Gasteiger charge is 2.24. The number of hydrogen-bond donors (Lipinski definition) is 0. The molecule has 3 rings (SSSR count). The van der Waals surface area contributed by atoms with Crippen molar-refractivity contribution < 1.29 is 18.3 Å². The Bertz CT molecular complexity index is 981. The highest BCUT2D eigenvalue weighted by Crippen LogP contribution is 2.32. The van der Waals surface area contributed by atoms with Crippen LogP contribution in [0.15, 0.2) is 36.4 Å². The number of fused-ring (bicyclic) bond motifs is 1. The molecule has 0 aliphatic carbocycles. The number of anilines is 1. The molecule has 0 aliphatic rings. The molecule has 28 heavy (non-hydrogen) atoms. The number of ether oxygens (including phenoxy) is 1. The van der Waals surface area contributed by atoms with E-state index in [0.29, 0.717) is 34.2 Å². The fraction of sp³-hybridized carbons (Fsp3) is 0.263. The van der Waals surface area contributed by atoms with Crippen molar-refractivity contribution in [3.05, 3.63) is 53.6 Å². The van der Waals surface area contributed by atoms with Gasteiger partial charge in [0.25, 0.3) is 5.91 Å². The predicted octanol–water partition coefficient (Wildman–Crippen LogP) is 4.21. The summed E-state index contributed by atoms with van der Waals surface area (Å²) in [7, 11) is 5.27. The van der Waals surface area contributed by atoms with Crippen molar-refractivity contribution in [1.29, 1.82) is 0 Å². The normalized spacial score (nSPS) is 10.8. The zero-order valence-electron chi connectivity index (χ0n) is 15.6. The predicted molar refractivity (Wildman–Crippen MR) is 110 cm³/mol. The molecule has 150 valence electrons. The summed E-state index contributed by atoms with van der Waals surface area (Å²) in [5.41, 5.74) is 0.434. The Kier molecular flexibility index (Phi) is 7.29. The second-order valence-electron chi connectivity index (χ2n) is 6.19. The monoisotopic (exact) mass is 427 g/mol. The maximum absolute atomic E-state index is 14.1. The van der Waals surface area contributed by atoms with Crippen molar-refractivity contribution in [2.24, 2.45) is 0 Å². The molecule has 0 radical (unpaired) electrons. The van der Waals surface area contributed by atoms with Crippen LogP contribution in [0.5, 0.6) is 5.75 Å². The van der Waals surface area contributed by atoms with Crippen LogP contribution in [0.25, 0.3) is 10.2 Å². The maximum Gasteiger partial charge on any atom is 0.263 e. The third-order valence-corrected chi connectivity index (χ3v) is 5.01. The summed E-state index contributed by atoms with van der Waals surface area (Å²) in [6, 6.07) is 8.89. The summed E-state index contributed by atoms with van der Waals surface area (Å²) in [5.74, 6) is -1.29. The van der Waals surface area contributed by atoms with E-state index in [2.05, 4.69) is 4.98 Å². The molecule has 0 saturated carbocycles. The van der Waals surface area contributed by atoms with Gasteiger partial charge in [-0.15, -0.1) is 12.4 Å². The second-order valence-corrected chi connectivity index (χ2v) is 7.20. The number of para-hydroxylation sites is 1. The lowest BCUT2D eigenvalue weighted by Crippen LogP contribution is -2.36. The zero-order chi connectivity index (χ0) is 19.6. The molecular weight excluding hydrogens is 408 g/mol. The van der Waals surface area contributed by atoms with Crippen molar-refractivity contribution in [3.8, 4) is 5.75 Å². The van der Waals surface area contributed by atoms with Gasteiger partial charge in [0.2, 0.25) is 0 Å². The van der Waals surface area contributed by atoms with Crippen LogP contribution in [0.2, 0.25) is 0 Å². The van der Waals surface area contributed by atoms with E-state index in [-0.39, 0.29) is 23.8 Å². The van der Waals surface area contributed by atoms with Gasteiger partial charge >= 0.3 is 0 Å². The molecule has 0 fully saturated rings. The number of likely N-dealkylation sites (N-methyl/N-ethyl adjacent to an activating group) is 1. The SMILES string of the molecule is COc1ccccc1C(=O)N(CCN(C)C)c1nc2c(F)cc(F)cc2s1.Cl. The van der Waals surface area contributed by atoms with Gasteiger partial charge in [0.15, 0.2) is 10.9 Å². The van der Waals surface area contributed by atoms with Gasteiger partial charge in [-0.25, -0.2) is 13.8 Å². The third kappa shape index (κ3) is 4.57. The van der Waals surface area contributed by atoms with Crippen molar-refractivity contribution >= 4 is 45.0 Å². The van der Waals surface area contributed by atoms with Gasteiger partial charge < -0.3 is 9.64 Å². The van der Waals surface area contributed by atoms with E-state index in [1.54, 1.807) is 24.3 Å². The number of rotatable bonds is 6. The molecular formula is C19H20ClF2N3O2S. The molecule has 0 bridgehead atoms. The van der Waals surface area contributed by atoms with Gasteiger partial charge in [-0.1, -0.05) is 23.5 Å². The lowest BCUT2D eigenvalue weighted by Gasteiger charge is -2.22. The van der Waals surface area contributed by atoms with E-state index in [1.807, 2.05) is 19.0 Å². The highest BCUT2D eigenvalue weighted by molar-refractivity contribution is 7.22. The van der Waals surface area contributed by atoms with Gasteiger partial charge in [-0.05, 0) is 32.3 Å². The van der Waals surface area contributed by atoms with Crippen LogP contribution in [-0.4, -0.2) is 50.1 Å². The van der Waals surface area contributed by atoms with E-state index in [0.717, 1.165) is 17.4 Å². The van der Waals surface area contributed by atoms with Gasteiger partial charge in [-0.3, -0.25) is 9.69 Å². The number of benzene rings is 2. The summed E-state index contributed by atoms with van der Waals surface area (Å²) >= 11 is 1.08. The van der Waals surface area contributed by atoms with Gasteiger partial charge in [0.1, 0.15) is 17.1 Å². The number of methoxy groups -OCH3 is 1. The molecule has 0 aliphatic heterocycles. The van der Waals surface area contributed by atoms with Crippen LogP contribution in [0.1, 0.15) is 10.4 Å². The first kappa shape index (κ1) is 22.0. The molecule has 2 aromatic carbocycles. The summed E-state index contributed by atoms with van der Waals surface area (Å²) in [6.45, 7) is 0.918. The molecule has 0 unspecified atom stereocenters. The number of thiazole rings is 1. The summed E-state index contributed by atoms with van der Waals surface area (Å²) in [6.07, 6.45) is 0. The summed E-state index contributed by atoms with van der Waals surface area (Å²) in [5, 5.41) is 0.312. The standard InChI is InChI=1S/C19H19F2N3O2S.ClH/c1-23(2)8-9-24(18(25)13-6-4-5-7-15(13)26-3)19-22-17-14(21)10-12(20)11-16(17)27-19;/h4-7,10-11H,8-9H2,1-3H3;1H. The van der Waals surface area contributed by atoms with E-state index < -0.39 is 11.6 Å². The number of amides is 1. The number of nitrogens with zero attached hydrogens (tertiary/aromatic N) is 3. The van der Waals surface area contributed by atoms with Crippen LogP contribution >= 0.6 is 23.7 Å². The summed E-state index contributed by atoms with van der Waals surface area (Å²) < 4.78 is 33.2. The zero-order valence-corrected chi connectivity index (χ0v) is 17.2. The van der Waals surface area contributed by atoms with Gasteiger partial charge in [-0.2, -0.15) is 0 Å². The smallest absolute Gasteiger partial charge is 0.263 e. The van der Waals surface area contributed by atoms with Crippen LogP contribution in [-0.2, 0) is 0 Å². The van der Waals surface area contributed by atoms with Crippen LogP contribution in [0.4, 0.5) is 13.9 Å². The fourth-order valence-corrected chi connectivity index (χ4v) is 3.64. The minimum atomic E-state index is -0.746. The average molecular weight is 428 g/mol. The van der Waals surface area contributed by atoms with E-state index in [1.165, 1.54) is 18.1 Å². The molecule has 9 heteroatoms. The minimum absolute atomic E-state index is 0. The van der Waals surface area contributed by atoms with Crippen molar-refractivity contribution in [1.82, 2.24) is 9.88 Å². The molecule has 0 spiro atoms. The van der Waals surface area contributed by atoms with Crippen molar-refractivity contribution in [2.75, 3.05) is 39.2 Å². The lowest BCUT2D eigenvalue weighted by molar-refractivity contribution is 0.0982. The lowest BCUT2D eigenvalue weighted by atomic mass is 10.1. The van der Waals surface area contributed by atoms with Crippen molar-refractivity contribution in [2.45, 2.75) is 0 Å². The summed E-state index contributed by atoms with van der Waals surface area (Å²) in [4.78, 5) is 20.8. The number of carbonyl (C=O) groups excluding carboxylic acids is 1. The quantitative estimate of drug-likeness (QED) is 0.591. The Morgan fingerprint density at radius 3 is 2.57 bits per heavy atom. The van der Waals surface area contributed by atoms with Crippen LogP contribution < -0.4 is 9.64 Å². The Morgan fingerprint density at radius 2 is 1.89 bits per heavy atom. The number of halogens is 3. The maximum atomic E-state index is 14.1. The molecule has 1 heterocycles. The Morgan fingerprint density at radius 1 is 1.18 bits per heavy atom. The van der Waals surface area contributed by atoms with E-state index >= 15 is 0 Å². The fourth-order valence-electron chi connectivity index (χ4n) is 2.61. The topological polar surface area (TPSA) is 45.7 Å². The van der Waals surface area contributed by atoms with Gasteiger partial charge in [0.05, 0.1) is 17.4 Å². The second kappa shape index (κ2) is 9.27. The molecule has 0 atom stereocenters. The number of aromatic nitrogens is 1. The first-order chi connectivity index (χ1) is 12.9. The van der Waals surface area contributed by atoms with Gasteiger partial charge in [0, 0.05) is 19.2 Å². The Labute approximate surface area is 171 Å². The Hall–Kier alpha value is -2.29. The molecule has 0 N–H and O–H groups in total. The molecule has 1 amide bonds.